The average molecular weight is 219 g/mol. The Kier molecular flexibility index (Phi) is 3.62. The van der Waals surface area contributed by atoms with E-state index in [0.717, 1.165) is 0 Å². The maximum absolute atomic E-state index is 5.35. The Morgan fingerprint density at radius 1 is 1.31 bits per heavy atom. The van der Waals surface area contributed by atoms with Crippen molar-refractivity contribution >= 4 is 0 Å². The molecule has 0 fully saturated rings. The van der Waals surface area contributed by atoms with Crippen LogP contribution in [0.2, 0.25) is 0 Å². The van der Waals surface area contributed by atoms with Crippen molar-refractivity contribution in [3.8, 4) is 0 Å². The Morgan fingerprint density at radius 2 is 2.06 bits per heavy atom. The second-order valence-corrected chi connectivity index (χ2v) is 4.69. The van der Waals surface area contributed by atoms with Gasteiger partial charge in [0, 0.05) is 19.2 Å². The molecule has 3 unspecified atom stereocenters. The number of aryl methyl sites for hydroxylation is 1. The number of fused-ring (bicyclic) bond motifs is 1. The second-order valence-electron chi connectivity index (χ2n) is 4.69. The highest BCUT2D eigenvalue weighted by atomic mass is 16.5. The minimum Gasteiger partial charge on any atom is -0.380 e. The van der Waals surface area contributed by atoms with E-state index in [4.69, 9.17) is 4.74 Å². The van der Waals surface area contributed by atoms with Crippen LogP contribution in [0.1, 0.15) is 37.4 Å². The summed E-state index contributed by atoms with van der Waals surface area (Å²) in [5.74, 6) is 0. The number of nitrogens with one attached hydrogen (secondary N) is 1. The summed E-state index contributed by atoms with van der Waals surface area (Å²) in [6.45, 7) is 4.30. The Labute approximate surface area is 98.0 Å². The monoisotopic (exact) mass is 219 g/mol. The summed E-state index contributed by atoms with van der Waals surface area (Å²) < 4.78 is 5.35. The number of methoxy groups -OCH3 is 1. The van der Waals surface area contributed by atoms with Gasteiger partial charge in [0.05, 0.1) is 6.10 Å². The minimum absolute atomic E-state index is 0.257. The summed E-state index contributed by atoms with van der Waals surface area (Å²) in [6.07, 6.45) is 2.66. The van der Waals surface area contributed by atoms with E-state index in [1.807, 2.05) is 0 Å². The van der Waals surface area contributed by atoms with Gasteiger partial charge in [0.15, 0.2) is 0 Å². The van der Waals surface area contributed by atoms with E-state index >= 15 is 0 Å². The second kappa shape index (κ2) is 4.98. The fourth-order valence-corrected chi connectivity index (χ4v) is 2.39. The maximum atomic E-state index is 5.35. The van der Waals surface area contributed by atoms with Gasteiger partial charge in [0.1, 0.15) is 0 Å². The van der Waals surface area contributed by atoms with Crippen LogP contribution in [0.5, 0.6) is 0 Å². The van der Waals surface area contributed by atoms with Gasteiger partial charge >= 0.3 is 0 Å². The van der Waals surface area contributed by atoms with E-state index in [-0.39, 0.29) is 6.10 Å². The van der Waals surface area contributed by atoms with Gasteiger partial charge < -0.3 is 10.1 Å². The standard InChI is InChI=1S/C14H21NO/c1-10(11(2)16-3)15-14-9-8-12-6-4-5-7-13(12)14/h4-7,10-11,14-15H,8-9H2,1-3H3. The van der Waals surface area contributed by atoms with Crippen LogP contribution in [0.4, 0.5) is 0 Å². The molecule has 16 heavy (non-hydrogen) atoms. The summed E-state index contributed by atoms with van der Waals surface area (Å²) in [5, 5.41) is 3.66. The summed E-state index contributed by atoms with van der Waals surface area (Å²) in [4.78, 5) is 0. The molecule has 88 valence electrons. The van der Waals surface area contributed by atoms with E-state index in [0.29, 0.717) is 12.1 Å². The van der Waals surface area contributed by atoms with Crippen molar-refractivity contribution in [3.63, 3.8) is 0 Å². The molecule has 0 aliphatic heterocycles. The predicted octanol–water partition coefficient (Wildman–Crippen LogP) is 2.69. The van der Waals surface area contributed by atoms with Gasteiger partial charge in [0.2, 0.25) is 0 Å². The molecule has 3 atom stereocenters. The lowest BCUT2D eigenvalue weighted by atomic mass is 10.1. The molecule has 0 aromatic heterocycles. The van der Waals surface area contributed by atoms with E-state index in [2.05, 4.69) is 43.4 Å². The zero-order chi connectivity index (χ0) is 11.5. The molecule has 0 bridgehead atoms. The molecule has 2 rings (SSSR count). The molecule has 1 aliphatic rings. The van der Waals surface area contributed by atoms with Crippen molar-refractivity contribution in [2.24, 2.45) is 0 Å². The fraction of sp³-hybridized carbons (Fsp3) is 0.571. The zero-order valence-corrected chi connectivity index (χ0v) is 10.4. The number of rotatable bonds is 4. The predicted molar refractivity (Wildman–Crippen MR) is 66.6 cm³/mol. The van der Waals surface area contributed by atoms with Crippen molar-refractivity contribution < 1.29 is 4.74 Å². The van der Waals surface area contributed by atoms with Crippen LogP contribution < -0.4 is 5.32 Å². The molecule has 0 spiro atoms. The first-order valence-corrected chi connectivity index (χ1v) is 6.09. The summed E-state index contributed by atoms with van der Waals surface area (Å²) in [6, 6.07) is 9.63. The molecule has 0 heterocycles. The highest BCUT2D eigenvalue weighted by Crippen LogP contribution is 2.31. The average Bonchev–Trinajstić information content (AvgIpc) is 2.72. The third-order valence-electron chi connectivity index (χ3n) is 3.67. The third-order valence-corrected chi connectivity index (χ3v) is 3.67. The van der Waals surface area contributed by atoms with Crippen molar-refractivity contribution in [1.29, 1.82) is 0 Å². The van der Waals surface area contributed by atoms with Gasteiger partial charge in [-0.1, -0.05) is 24.3 Å². The minimum atomic E-state index is 0.257. The van der Waals surface area contributed by atoms with Gasteiger partial charge in [0.25, 0.3) is 0 Å². The first-order valence-electron chi connectivity index (χ1n) is 6.09. The van der Waals surface area contributed by atoms with E-state index < -0.39 is 0 Å². The van der Waals surface area contributed by atoms with E-state index in [1.165, 1.54) is 24.0 Å². The lowest BCUT2D eigenvalue weighted by molar-refractivity contribution is 0.0844. The molecule has 0 radical (unpaired) electrons. The number of benzene rings is 1. The number of hydrogen-bond acceptors (Lipinski definition) is 2. The molecule has 1 aromatic rings. The molecular formula is C14H21NO. The number of ether oxygens (including phenoxy) is 1. The zero-order valence-electron chi connectivity index (χ0n) is 10.4. The lowest BCUT2D eigenvalue weighted by Crippen LogP contribution is -2.38. The van der Waals surface area contributed by atoms with Crippen molar-refractivity contribution in [1.82, 2.24) is 5.32 Å². The van der Waals surface area contributed by atoms with Crippen LogP contribution in [-0.2, 0) is 11.2 Å². The fourth-order valence-electron chi connectivity index (χ4n) is 2.39. The lowest BCUT2D eigenvalue weighted by Gasteiger charge is -2.24. The molecule has 2 nitrogen and oxygen atoms in total. The van der Waals surface area contributed by atoms with Crippen molar-refractivity contribution in [3.05, 3.63) is 35.4 Å². The highest BCUT2D eigenvalue weighted by molar-refractivity contribution is 5.34. The van der Waals surface area contributed by atoms with Crippen LogP contribution in [0.25, 0.3) is 0 Å². The number of hydrogen-bond donors (Lipinski definition) is 1. The molecule has 0 saturated carbocycles. The Hall–Kier alpha value is -0.860. The normalized spacial score (nSPS) is 22.8. The first-order chi connectivity index (χ1) is 7.72. The molecular weight excluding hydrogens is 198 g/mol. The van der Waals surface area contributed by atoms with E-state index in [1.54, 1.807) is 7.11 Å². The Balaban J connectivity index is 2.03. The van der Waals surface area contributed by atoms with Crippen LogP contribution in [0, 0.1) is 0 Å². The quantitative estimate of drug-likeness (QED) is 0.840. The van der Waals surface area contributed by atoms with Crippen LogP contribution in [0.3, 0.4) is 0 Å². The molecule has 0 saturated heterocycles. The van der Waals surface area contributed by atoms with Crippen LogP contribution in [0.15, 0.2) is 24.3 Å². The van der Waals surface area contributed by atoms with Crippen molar-refractivity contribution in [2.75, 3.05) is 7.11 Å². The molecule has 1 aliphatic carbocycles. The van der Waals surface area contributed by atoms with Gasteiger partial charge in [-0.25, -0.2) is 0 Å². The highest BCUT2D eigenvalue weighted by Gasteiger charge is 2.24. The molecule has 2 heteroatoms. The molecule has 1 N–H and O–H groups in total. The topological polar surface area (TPSA) is 21.3 Å². The summed E-state index contributed by atoms with van der Waals surface area (Å²) in [5.41, 5.74) is 2.97. The van der Waals surface area contributed by atoms with E-state index in [9.17, 15) is 0 Å². The SMILES string of the molecule is COC(C)C(C)NC1CCc2ccccc21. The molecule has 1 aromatic carbocycles. The van der Waals surface area contributed by atoms with Gasteiger partial charge in [-0.3, -0.25) is 0 Å². The van der Waals surface area contributed by atoms with Crippen molar-refractivity contribution in [2.45, 2.75) is 44.9 Å². The van der Waals surface area contributed by atoms with Crippen LogP contribution >= 0.6 is 0 Å². The summed E-state index contributed by atoms with van der Waals surface area (Å²) >= 11 is 0. The first kappa shape index (κ1) is 11.6. The smallest absolute Gasteiger partial charge is 0.0693 e. The Morgan fingerprint density at radius 3 is 2.81 bits per heavy atom. The molecule has 0 amide bonds. The maximum Gasteiger partial charge on any atom is 0.0693 e. The van der Waals surface area contributed by atoms with Gasteiger partial charge in [-0.15, -0.1) is 0 Å². The third kappa shape index (κ3) is 2.28. The van der Waals surface area contributed by atoms with Gasteiger partial charge in [-0.2, -0.15) is 0 Å². The largest absolute Gasteiger partial charge is 0.380 e. The summed E-state index contributed by atoms with van der Waals surface area (Å²) in [7, 11) is 1.77. The van der Waals surface area contributed by atoms with Crippen LogP contribution in [-0.4, -0.2) is 19.3 Å². The van der Waals surface area contributed by atoms with Gasteiger partial charge in [-0.05, 0) is 37.8 Å². The Bertz CT molecular complexity index is 350.